The van der Waals surface area contributed by atoms with Gasteiger partial charge in [0, 0.05) is 25.5 Å². The molecule has 0 N–H and O–H groups in total. The van der Waals surface area contributed by atoms with Gasteiger partial charge >= 0.3 is 0 Å². The number of rotatable bonds is 8. The van der Waals surface area contributed by atoms with Crippen LogP contribution in [0.25, 0.3) is 0 Å². The smallest absolute Gasteiger partial charge is 0.255 e. The molecule has 0 atom stereocenters. The third-order valence-corrected chi connectivity index (χ3v) is 6.02. The van der Waals surface area contributed by atoms with Gasteiger partial charge in [-0.15, -0.1) is 11.8 Å². The molecule has 0 aliphatic rings. The number of anilines is 1. The number of hydrogen-bond acceptors (Lipinski definition) is 3. The molecule has 160 valence electrons. The molecule has 0 aromatic heterocycles. The van der Waals surface area contributed by atoms with E-state index < -0.39 is 0 Å². The summed E-state index contributed by atoms with van der Waals surface area (Å²) in [5.41, 5.74) is 2.16. The fourth-order valence-electron chi connectivity index (χ4n) is 3.13. The third kappa shape index (κ3) is 5.95. The Hall–Kier alpha value is -3.12. The van der Waals surface area contributed by atoms with Crippen molar-refractivity contribution in [1.29, 1.82) is 0 Å². The van der Waals surface area contributed by atoms with E-state index in [1.54, 1.807) is 61.5 Å². The van der Waals surface area contributed by atoms with Gasteiger partial charge in [0.2, 0.25) is 5.91 Å². The minimum atomic E-state index is -0.349. The number of amides is 2. The fraction of sp³-hybridized carbons (Fsp3) is 0.200. The van der Waals surface area contributed by atoms with E-state index in [9.17, 15) is 14.0 Å². The first-order valence-electron chi connectivity index (χ1n) is 9.99. The van der Waals surface area contributed by atoms with E-state index in [1.165, 1.54) is 11.0 Å². The van der Waals surface area contributed by atoms with Gasteiger partial charge in [0.15, 0.2) is 0 Å². The Morgan fingerprint density at radius 3 is 2.26 bits per heavy atom. The molecule has 3 rings (SSSR count). The first kappa shape index (κ1) is 22.6. The molecule has 0 heterocycles. The van der Waals surface area contributed by atoms with Crippen LogP contribution in [0.1, 0.15) is 15.9 Å². The second kappa shape index (κ2) is 10.8. The molecule has 31 heavy (non-hydrogen) atoms. The first-order chi connectivity index (χ1) is 15.0. The van der Waals surface area contributed by atoms with Gasteiger partial charge in [0.05, 0.1) is 17.0 Å². The number of carbonyl (C=O) groups is 2. The maximum absolute atomic E-state index is 13.8. The number of likely N-dealkylation sites (N-methyl/N-ethyl adjacent to an activating group) is 1. The van der Waals surface area contributed by atoms with Gasteiger partial charge in [-0.2, -0.15) is 0 Å². The number of nitrogens with zero attached hydrogens (tertiary/aromatic N) is 2. The summed E-state index contributed by atoms with van der Waals surface area (Å²) in [7, 11) is 3.40. The molecule has 0 unspecified atom stereocenters. The molecular weight excluding hydrogens is 411 g/mol. The maximum Gasteiger partial charge on any atom is 0.255 e. The van der Waals surface area contributed by atoms with Crippen molar-refractivity contribution in [2.75, 3.05) is 31.3 Å². The van der Waals surface area contributed by atoms with Crippen LogP contribution in [0.15, 0.2) is 83.8 Å². The maximum atomic E-state index is 13.8. The van der Waals surface area contributed by atoms with Crippen LogP contribution >= 0.6 is 11.8 Å². The van der Waals surface area contributed by atoms with Crippen molar-refractivity contribution in [3.63, 3.8) is 0 Å². The van der Waals surface area contributed by atoms with Crippen molar-refractivity contribution in [2.24, 2.45) is 0 Å². The van der Waals surface area contributed by atoms with E-state index in [-0.39, 0.29) is 23.4 Å². The summed E-state index contributed by atoms with van der Waals surface area (Å²) in [6, 6.07) is 23.4. The zero-order valence-corrected chi connectivity index (χ0v) is 18.4. The normalized spacial score (nSPS) is 10.5. The van der Waals surface area contributed by atoms with Gasteiger partial charge in [-0.1, -0.05) is 54.6 Å². The molecule has 0 fully saturated rings. The Morgan fingerprint density at radius 2 is 1.52 bits per heavy atom. The van der Waals surface area contributed by atoms with Gasteiger partial charge < -0.3 is 9.80 Å². The van der Waals surface area contributed by atoms with Gasteiger partial charge in [-0.25, -0.2) is 4.39 Å². The van der Waals surface area contributed by atoms with Crippen molar-refractivity contribution in [3.8, 4) is 0 Å². The largest absolute Gasteiger partial charge is 0.341 e. The van der Waals surface area contributed by atoms with Crippen LogP contribution in [-0.4, -0.2) is 43.1 Å². The van der Waals surface area contributed by atoms with E-state index in [0.717, 1.165) is 23.7 Å². The lowest BCUT2D eigenvalue weighted by atomic mass is 10.1. The fourth-order valence-corrected chi connectivity index (χ4v) is 3.98. The predicted octanol–water partition coefficient (Wildman–Crippen LogP) is 4.90. The summed E-state index contributed by atoms with van der Waals surface area (Å²) in [4.78, 5) is 29.4. The van der Waals surface area contributed by atoms with Gasteiger partial charge in [0.1, 0.15) is 5.82 Å². The average molecular weight is 437 g/mol. The molecular formula is C25H25FN2O2S. The van der Waals surface area contributed by atoms with Crippen molar-refractivity contribution >= 4 is 29.3 Å². The van der Waals surface area contributed by atoms with Crippen LogP contribution < -0.4 is 4.90 Å². The number of halogens is 1. The Balaban J connectivity index is 1.67. The highest BCUT2D eigenvalue weighted by molar-refractivity contribution is 8.00. The van der Waals surface area contributed by atoms with Crippen molar-refractivity contribution in [2.45, 2.75) is 11.3 Å². The summed E-state index contributed by atoms with van der Waals surface area (Å²) < 4.78 is 13.8. The van der Waals surface area contributed by atoms with E-state index in [0.29, 0.717) is 22.7 Å². The lowest BCUT2D eigenvalue weighted by Gasteiger charge is -2.23. The Kier molecular flexibility index (Phi) is 7.84. The highest BCUT2D eigenvalue weighted by atomic mass is 32.2. The molecule has 0 aliphatic heterocycles. The summed E-state index contributed by atoms with van der Waals surface area (Å²) in [6.45, 7) is 0.567. The van der Waals surface area contributed by atoms with E-state index in [1.807, 2.05) is 30.3 Å². The number of para-hydroxylation sites is 1. The number of benzene rings is 3. The standard InChI is InChI=1S/C25H25FN2O2S/c1-27(17-16-19-10-4-3-5-11-19)25(30)20-12-6-8-14-22(20)28(2)24(29)18-31-23-15-9-7-13-21(23)26/h3-15H,16-18H2,1-2H3. The first-order valence-corrected chi connectivity index (χ1v) is 11.0. The van der Waals surface area contributed by atoms with Crippen LogP contribution in [-0.2, 0) is 11.2 Å². The molecule has 0 radical (unpaired) electrons. The molecule has 3 aromatic carbocycles. The van der Waals surface area contributed by atoms with Crippen LogP contribution in [0, 0.1) is 5.82 Å². The lowest BCUT2D eigenvalue weighted by Crippen LogP contribution is -2.33. The monoisotopic (exact) mass is 436 g/mol. The predicted molar refractivity (Wildman–Crippen MR) is 124 cm³/mol. The van der Waals surface area contributed by atoms with Gasteiger partial charge in [0.25, 0.3) is 5.91 Å². The summed E-state index contributed by atoms with van der Waals surface area (Å²) in [6.07, 6.45) is 0.749. The molecule has 0 saturated carbocycles. The van der Waals surface area contributed by atoms with E-state index in [4.69, 9.17) is 0 Å². The third-order valence-electron chi connectivity index (χ3n) is 4.98. The Labute approximate surface area is 186 Å². The van der Waals surface area contributed by atoms with Crippen molar-refractivity contribution in [3.05, 3.63) is 95.8 Å². The molecule has 0 aliphatic carbocycles. The van der Waals surface area contributed by atoms with Crippen LogP contribution in [0.2, 0.25) is 0 Å². The second-order valence-electron chi connectivity index (χ2n) is 7.15. The number of hydrogen-bond donors (Lipinski definition) is 0. The topological polar surface area (TPSA) is 40.6 Å². The molecule has 2 amide bonds. The summed E-state index contributed by atoms with van der Waals surface area (Å²) in [5.74, 6) is -0.629. The van der Waals surface area contributed by atoms with Gasteiger partial charge in [-0.3, -0.25) is 9.59 Å². The average Bonchev–Trinajstić information content (AvgIpc) is 2.81. The highest BCUT2D eigenvalue weighted by Gasteiger charge is 2.21. The molecule has 0 saturated heterocycles. The van der Waals surface area contributed by atoms with E-state index in [2.05, 4.69) is 0 Å². The lowest BCUT2D eigenvalue weighted by molar-refractivity contribution is -0.115. The van der Waals surface area contributed by atoms with Gasteiger partial charge in [-0.05, 0) is 36.2 Å². The molecule has 0 bridgehead atoms. The molecule has 4 nitrogen and oxygen atoms in total. The second-order valence-corrected chi connectivity index (χ2v) is 8.17. The summed E-state index contributed by atoms with van der Waals surface area (Å²) >= 11 is 1.14. The SMILES string of the molecule is CN(CCc1ccccc1)C(=O)c1ccccc1N(C)C(=O)CSc1ccccc1F. The van der Waals surface area contributed by atoms with Crippen molar-refractivity contribution < 1.29 is 14.0 Å². The summed E-state index contributed by atoms with van der Waals surface area (Å²) in [5, 5.41) is 0. The molecule has 6 heteroatoms. The van der Waals surface area contributed by atoms with Crippen LogP contribution in [0.3, 0.4) is 0 Å². The molecule has 3 aromatic rings. The zero-order valence-electron chi connectivity index (χ0n) is 17.6. The molecule has 0 spiro atoms. The Morgan fingerprint density at radius 1 is 0.871 bits per heavy atom. The highest BCUT2D eigenvalue weighted by Crippen LogP contribution is 2.25. The number of carbonyl (C=O) groups excluding carboxylic acids is 2. The quantitative estimate of drug-likeness (QED) is 0.472. The number of thioether (sulfide) groups is 1. The van der Waals surface area contributed by atoms with Crippen LogP contribution in [0.4, 0.5) is 10.1 Å². The Bertz CT molecular complexity index is 1040. The minimum Gasteiger partial charge on any atom is -0.341 e. The van der Waals surface area contributed by atoms with Crippen LogP contribution in [0.5, 0.6) is 0 Å². The van der Waals surface area contributed by atoms with E-state index >= 15 is 0 Å². The van der Waals surface area contributed by atoms with Crippen molar-refractivity contribution in [1.82, 2.24) is 4.90 Å². The minimum absolute atomic E-state index is 0.0732. The zero-order chi connectivity index (χ0) is 22.2.